The Morgan fingerprint density at radius 2 is 2.14 bits per heavy atom. The summed E-state index contributed by atoms with van der Waals surface area (Å²) in [4.78, 5) is 4.04. The second-order valence-electron chi connectivity index (χ2n) is 5.24. The highest BCUT2D eigenvalue weighted by Crippen LogP contribution is 2.09. The van der Waals surface area contributed by atoms with Gasteiger partial charge in [-0.15, -0.1) is 0 Å². The highest BCUT2D eigenvalue weighted by atomic mass is 16.5. The molecule has 1 atom stereocenters. The number of hydrogen-bond donors (Lipinski definition) is 1. The molecule has 0 aliphatic carbocycles. The van der Waals surface area contributed by atoms with Crippen LogP contribution in [0.4, 0.5) is 0 Å². The number of hydrogen-bond acceptors (Lipinski definition) is 3. The molecule has 1 aromatic carbocycles. The van der Waals surface area contributed by atoms with E-state index >= 15 is 0 Å². The number of imidazole rings is 1. The Hall–Kier alpha value is -1.91. The molecule has 4 heteroatoms. The molecular weight excluding hydrogens is 276 g/mol. The van der Waals surface area contributed by atoms with Crippen LogP contribution in [0, 0.1) is 0 Å². The van der Waals surface area contributed by atoms with Gasteiger partial charge in [-0.1, -0.05) is 36.4 Å². The van der Waals surface area contributed by atoms with Crippen LogP contribution < -0.4 is 0 Å². The van der Waals surface area contributed by atoms with Crippen molar-refractivity contribution in [2.75, 3.05) is 13.2 Å². The van der Waals surface area contributed by atoms with Gasteiger partial charge in [0, 0.05) is 32.2 Å². The number of aliphatic hydroxyl groups excluding tert-OH is 1. The summed E-state index contributed by atoms with van der Waals surface area (Å²) in [5, 5.41) is 9.88. The number of nitrogens with zero attached hydrogens (tertiary/aromatic N) is 2. The fourth-order valence-electron chi connectivity index (χ4n) is 2.18. The van der Waals surface area contributed by atoms with E-state index < -0.39 is 6.10 Å². The largest absolute Gasteiger partial charge is 0.389 e. The Morgan fingerprint density at radius 3 is 2.82 bits per heavy atom. The lowest BCUT2D eigenvalue weighted by atomic mass is 10.1. The van der Waals surface area contributed by atoms with Crippen LogP contribution in [0.5, 0.6) is 0 Å². The van der Waals surface area contributed by atoms with Gasteiger partial charge < -0.3 is 14.4 Å². The zero-order valence-corrected chi connectivity index (χ0v) is 13.1. The Kier molecular flexibility index (Phi) is 6.87. The van der Waals surface area contributed by atoms with Gasteiger partial charge in [-0.05, 0) is 30.9 Å². The molecule has 0 aliphatic rings. The molecule has 118 valence electrons. The molecule has 0 saturated heterocycles. The van der Waals surface area contributed by atoms with E-state index in [1.165, 1.54) is 5.56 Å². The van der Waals surface area contributed by atoms with E-state index in [1.807, 2.05) is 36.2 Å². The fourth-order valence-corrected chi connectivity index (χ4v) is 2.18. The lowest BCUT2D eigenvalue weighted by Gasteiger charge is -2.06. The predicted molar refractivity (Wildman–Crippen MR) is 88.5 cm³/mol. The minimum absolute atomic E-state index is 0.411. The smallest absolute Gasteiger partial charge is 0.0949 e. The van der Waals surface area contributed by atoms with E-state index in [2.05, 4.69) is 29.2 Å². The molecule has 1 unspecified atom stereocenters. The van der Waals surface area contributed by atoms with Gasteiger partial charge in [0.25, 0.3) is 0 Å². The van der Waals surface area contributed by atoms with Gasteiger partial charge in [-0.25, -0.2) is 4.98 Å². The molecule has 1 aromatic heterocycles. The first-order chi connectivity index (χ1) is 10.8. The van der Waals surface area contributed by atoms with Gasteiger partial charge in [0.2, 0.25) is 0 Å². The molecule has 2 aromatic rings. The van der Waals surface area contributed by atoms with Crippen molar-refractivity contribution in [3.8, 4) is 0 Å². The van der Waals surface area contributed by atoms with Gasteiger partial charge in [0.1, 0.15) is 0 Å². The molecule has 22 heavy (non-hydrogen) atoms. The van der Waals surface area contributed by atoms with Crippen molar-refractivity contribution in [1.29, 1.82) is 0 Å². The molecule has 2 rings (SSSR count). The van der Waals surface area contributed by atoms with Crippen molar-refractivity contribution in [3.63, 3.8) is 0 Å². The van der Waals surface area contributed by atoms with E-state index in [0.29, 0.717) is 6.61 Å². The van der Waals surface area contributed by atoms with Gasteiger partial charge in [0.15, 0.2) is 0 Å². The molecule has 1 heterocycles. The van der Waals surface area contributed by atoms with Crippen LogP contribution in [0.2, 0.25) is 0 Å². The lowest BCUT2D eigenvalue weighted by Crippen LogP contribution is -2.04. The van der Waals surface area contributed by atoms with Gasteiger partial charge in [-0.2, -0.15) is 0 Å². The number of aromatic nitrogens is 2. The van der Waals surface area contributed by atoms with Gasteiger partial charge in [0.05, 0.1) is 12.4 Å². The van der Waals surface area contributed by atoms with Crippen LogP contribution in [0.15, 0.2) is 49.1 Å². The number of benzene rings is 1. The summed E-state index contributed by atoms with van der Waals surface area (Å²) in [5.74, 6) is 0. The molecule has 0 fully saturated rings. The maximum absolute atomic E-state index is 9.88. The van der Waals surface area contributed by atoms with E-state index in [9.17, 15) is 5.11 Å². The number of aliphatic hydroxyl groups is 1. The van der Waals surface area contributed by atoms with Crippen LogP contribution in [-0.4, -0.2) is 34.0 Å². The maximum atomic E-state index is 9.88. The average molecular weight is 300 g/mol. The quantitative estimate of drug-likeness (QED) is 0.724. The third kappa shape index (κ3) is 5.84. The van der Waals surface area contributed by atoms with Crippen molar-refractivity contribution >= 4 is 6.08 Å². The van der Waals surface area contributed by atoms with E-state index in [-0.39, 0.29) is 0 Å². The maximum Gasteiger partial charge on any atom is 0.0949 e. The summed E-state index contributed by atoms with van der Waals surface area (Å²) >= 11 is 0. The molecule has 0 saturated carbocycles. The minimum atomic E-state index is -0.411. The third-order valence-corrected chi connectivity index (χ3v) is 3.41. The van der Waals surface area contributed by atoms with Gasteiger partial charge in [-0.3, -0.25) is 0 Å². The second kappa shape index (κ2) is 9.18. The summed E-state index contributed by atoms with van der Waals surface area (Å²) in [5.41, 5.74) is 2.32. The lowest BCUT2D eigenvalue weighted by molar-refractivity contribution is 0.128. The zero-order valence-electron chi connectivity index (χ0n) is 13.1. The number of ether oxygens (including phenoxy) is 1. The molecule has 0 bridgehead atoms. The Balaban J connectivity index is 1.79. The van der Waals surface area contributed by atoms with Crippen molar-refractivity contribution in [3.05, 3.63) is 60.2 Å². The first-order valence-corrected chi connectivity index (χ1v) is 7.76. The number of rotatable bonds is 9. The monoisotopic (exact) mass is 300 g/mol. The Bertz CT molecular complexity index is 547. The van der Waals surface area contributed by atoms with E-state index in [4.69, 9.17) is 4.74 Å². The topological polar surface area (TPSA) is 47.3 Å². The molecule has 0 aliphatic heterocycles. The summed E-state index contributed by atoms with van der Waals surface area (Å²) in [7, 11) is 0. The highest BCUT2D eigenvalue weighted by Gasteiger charge is 1.99. The molecule has 1 N–H and O–H groups in total. The molecular formula is C18H24N2O2. The zero-order chi connectivity index (χ0) is 15.6. The summed E-state index contributed by atoms with van der Waals surface area (Å²) in [6, 6.07) is 8.33. The van der Waals surface area contributed by atoms with Crippen molar-refractivity contribution in [2.45, 2.75) is 32.4 Å². The predicted octanol–water partition coefficient (Wildman–Crippen LogP) is 3.12. The van der Waals surface area contributed by atoms with E-state index in [0.717, 1.165) is 31.6 Å². The second-order valence-corrected chi connectivity index (χ2v) is 5.24. The van der Waals surface area contributed by atoms with Crippen LogP contribution in [0.25, 0.3) is 6.08 Å². The molecule has 0 amide bonds. The first-order valence-electron chi connectivity index (χ1n) is 7.76. The van der Waals surface area contributed by atoms with Crippen molar-refractivity contribution in [2.24, 2.45) is 0 Å². The van der Waals surface area contributed by atoms with E-state index in [1.54, 1.807) is 6.20 Å². The summed E-state index contributed by atoms with van der Waals surface area (Å²) in [6.07, 6.45) is 10.6. The fraction of sp³-hybridized carbons (Fsp3) is 0.389. The first kappa shape index (κ1) is 16.5. The van der Waals surface area contributed by atoms with Crippen molar-refractivity contribution < 1.29 is 9.84 Å². The molecule has 4 nitrogen and oxygen atoms in total. The summed E-state index contributed by atoms with van der Waals surface area (Å²) in [6.45, 7) is 4.25. The molecule has 0 spiro atoms. The SMILES string of the molecule is CCOCCCC(O)/C=C/c1ccc(Cn2ccnc2)cc1. The molecule has 0 radical (unpaired) electrons. The third-order valence-electron chi connectivity index (χ3n) is 3.41. The highest BCUT2D eigenvalue weighted by molar-refractivity contribution is 5.50. The van der Waals surface area contributed by atoms with Crippen LogP contribution >= 0.6 is 0 Å². The minimum Gasteiger partial charge on any atom is -0.389 e. The standard InChI is InChI=1S/C18H24N2O2/c1-2-22-13-3-4-18(21)10-9-16-5-7-17(8-6-16)14-20-12-11-19-15-20/h5-12,15,18,21H,2-4,13-14H2,1H3/b10-9+. The Labute approximate surface area is 132 Å². The average Bonchev–Trinajstić information content (AvgIpc) is 3.04. The van der Waals surface area contributed by atoms with Gasteiger partial charge >= 0.3 is 0 Å². The Morgan fingerprint density at radius 1 is 1.32 bits per heavy atom. The van der Waals surface area contributed by atoms with Crippen LogP contribution in [0.3, 0.4) is 0 Å². The normalized spacial score (nSPS) is 12.8. The van der Waals surface area contributed by atoms with Crippen LogP contribution in [0.1, 0.15) is 30.9 Å². The summed E-state index contributed by atoms with van der Waals surface area (Å²) < 4.78 is 7.30. The van der Waals surface area contributed by atoms with Crippen LogP contribution in [-0.2, 0) is 11.3 Å². The van der Waals surface area contributed by atoms with Crippen molar-refractivity contribution in [1.82, 2.24) is 9.55 Å².